The molecular weight excluding hydrogens is 555 g/mol. The van der Waals surface area contributed by atoms with Crippen LogP contribution in [0, 0.1) is 10.5 Å². The molecule has 1 heterocycles. The van der Waals surface area contributed by atoms with Gasteiger partial charge in [0.1, 0.15) is 6.61 Å². The van der Waals surface area contributed by atoms with Crippen molar-refractivity contribution in [1.82, 2.24) is 4.90 Å². The fraction of sp³-hybridized carbons (Fsp3) is 0.286. The summed E-state index contributed by atoms with van der Waals surface area (Å²) in [4.78, 5) is 29.1. The number of halogens is 1. The van der Waals surface area contributed by atoms with Crippen molar-refractivity contribution in [3.8, 4) is 11.1 Å². The van der Waals surface area contributed by atoms with Crippen molar-refractivity contribution in [2.75, 3.05) is 44.8 Å². The highest BCUT2D eigenvalue weighted by atomic mass is 127. The molecular formula is C28H27IN2O4. The molecule has 0 spiro atoms. The lowest BCUT2D eigenvalue weighted by Gasteiger charge is -2.36. The molecule has 0 radical (unpaired) electrons. The molecule has 2 aliphatic rings. The van der Waals surface area contributed by atoms with E-state index in [9.17, 15) is 9.59 Å². The van der Waals surface area contributed by atoms with Gasteiger partial charge in [-0.15, -0.1) is 0 Å². The molecule has 35 heavy (non-hydrogen) atoms. The molecule has 1 saturated heterocycles. The Morgan fingerprint density at radius 2 is 1.54 bits per heavy atom. The van der Waals surface area contributed by atoms with E-state index in [1.807, 2.05) is 37.3 Å². The van der Waals surface area contributed by atoms with Crippen molar-refractivity contribution >= 4 is 40.3 Å². The monoisotopic (exact) mass is 582 g/mol. The van der Waals surface area contributed by atoms with Gasteiger partial charge in [0.05, 0.1) is 12.7 Å². The highest BCUT2D eigenvalue weighted by Gasteiger charge is 2.30. The fourth-order valence-corrected chi connectivity index (χ4v) is 5.74. The van der Waals surface area contributed by atoms with E-state index >= 15 is 0 Å². The van der Waals surface area contributed by atoms with E-state index in [1.165, 1.54) is 29.4 Å². The number of methoxy groups -OCH3 is 1. The summed E-state index contributed by atoms with van der Waals surface area (Å²) in [5.41, 5.74) is 7.34. The predicted octanol–water partition coefficient (Wildman–Crippen LogP) is 5.46. The zero-order valence-electron chi connectivity index (χ0n) is 19.8. The number of benzene rings is 3. The van der Waals surface area contributed by atoms with Crippen molar-refractivity contribution in [2.24, 2.45) is 0 Å². The number of amides is 1. The maximum Gasteiger partial charge on any atom is 0.409 e. The van der Waals surface area contributed by atoms with Crippen molar-refractivity contribution in [3.63, 3.8) is 0 Å². The van der Waals surface area contributed by atoms with Crippen LogP contribution < -0.4 is 4.90 Å². The van der Waals surface area contributed by atoms with Crippen LogP contribution in [0.4, 0.5) is 10.5 Å². The Morgan fingerprint density at radius 3 is 2.14 bits per heavy atom. The molecule has 1 aliphatic heterocycles. The number of piperazine rings is 1. The van der Waals surface area contributed by atoms with Gasteiger partial charge >= 0.3 is 12.1 Å². The van der Waals surface area contributed by atoms with Crippen LogP contribution in [0.25, 0.3) is 11.1 Å². The summed E-state index contributed by atoms with van der Waals surface area (Å²) in [5, 5.41) is 0. The molecule has 5 rings (SSSR count). The number of esters is 1. The molecule has 1 amide bonds. The maximum atomic E-state index is 12.9. The molecule has 180 valence electrons. The second-order valence-corrected chi connectivity index (χ2v) is 10.1. The van der Waals surface area contributed by atoms with Gasteiger partial charge in [-0.05, 0) is 69.5 Å². The van der Waals surface area contributed by atoms with Crippen molar-refractivity contribution in [2.45, 2.75) is 12.8 Å². The van der Waals surface area contributed by atoms with Gasteiger partial charge < -0.3 is 19.3 Å². The second kappa shape index (κ2) is 9.89. The van der Waals surface area contributed by atoms with Gasteiger partial charge in [0.25, 0.3) is 0 Å². The van der Waals surface area contributed by atoms with Gasteiger partial charge in [-0.25, -0.2) is 9.59 Å². The third-order valence-electron chi connectivity index (χ3n) is 6.96. The Balaban J connectivity index is 1.24. The number of nitrogens with zero attached hydrogens (tertiary/aromatic N) is 2. The number of carbonyl (C=O) groups is 2. The van der Waals surface area contributed by atoms with Gasteiger partial charge in [0.15, 0.2) is 0 Å². The van der Waals surface area contributed by atoms with Crippen molar-refractivity contribution in [1.29, 1.82) is 0 Å². The molecule has 1 aliphatic carbocycles. The van der Waals surface area contributed by atoms with E-state index in [2.05, 4.69) is 57.8 Å². The summed E-state index contributed by atoms with van der Waals surface area (Å²) in [7, 11) is 1.40. The number of anilines is 1. The number of carbonyl (C=O) groups excluding carboxylic acids is 2. The van der Waals surface area contributed by atoms with Crippen LogP contribution in [0.1, 0.15) is 33.0 Å². The zero-order valence-corrected chi connectivity index (χ0v) is 21.9. The normalized spacial score (nSPS) is 14.9. The SMILES string of the molecule is COC(=O)c1cc(I)cc(N2CCN(C(=O)OCC3c4ccccc4-c4ccccc43)CC2)c1C. The van der Waals surface area contributed by atoms with Gasteiger partial charge in [-0.1, -0.05) is 48.5 Å². The molecule has 0 unspecified atom stereocenters. The van der Waals surface area contributed by atoms with E-state index < -0.39 is 0 Å². The molecule has 1 fully saturated rings. The minimum atomic E-state index is -0.334. The van der Waals surface area contributed by atoms with Crippen LogP contribution in [-0.4, -0.2) is 56.9 Å². The van der Waals surface area contributed by atoms with Gasteiger partial charge in [-0.3, -0.25) is 0 Å². The average Bonchev–Trinajstić information content (AvgIpc) is 3.21. The first-order chi connectivity index (χ1) is 17.0. The summed E-state index contributed by atoms with van der Waals surface area (Å²) in [6.45, 7) is 4.74. The molecule has 3 aromatic carbocycles. The lowest BCUT2D eigenvalue weighted by molar-refractivity contribution is 0.0599. The summed E-state index contributed by atoms with van der Waals surface area (Å²) < 4.78 is 11.8. The fourth-order valence-electron chi connectivity index (χ4n) is 5.13. The second-order valence-electron chi connectivity index (χ2n) is 8.87. The molecule has 0 bridgehead atoms. The number of fused-ring (bicyclic) bond motifs is 3. The topological polar surface area (TPSA) is 59.1 Å². The van der Waals surface area contributed by atoms with E-state index in [1.54, 1.807) is 4.90 Å². The smallest absolute Gasteiger partial charge is 0.409 e. The van der Waals surface area contributed by atoms with Gasteiger partial charge in [-0.2, -0.15) is 0 Å². The van der Waals surface area contributed by atoms with Gasteiger partial charge in [0, 0.05) is 41.4 Å². The van der Waals surface area contributed by atoms with E-state index in [4.69, 9.17) is 9.47 Å². The quantitative estimate of drug-likeness (QED) is 0.302. The molecule has 0 aromatic heterocycles. The molecule has 6 nitrogen and oxygen atoms in total. The number of rotatable bonds is 4. The minimum Gasteiger partial charge on any atom is -0.465 e. The number of hydrogen-bond acceptors (Lipinski definition) is 5. The van der Waals surface area contributed by atoms with Crippen molar-refractivity contribution < 1.29 is 19.1 Å². The van der Waals surface area contributed by atoms with Crippen LogP contribution >= 0.6 is 22.6 Å². The first-order valence-corrected chi connectivity index (χ1v) is 12.8. The van der Waals surface area contributed by atoms with Gasteiger partial charge in [0.2, 0.25) is 0 Å². The molecule has 0 N–H and O–H groups in total. The van der Waals surface area contributed by atoms with Crippen LogP contribution in [-0.2, 0) is 9.47 Å². The summed E-state index contributed by atoms with van der Waals surface area (Å²) >= 11 is 2.22. The lowest BCUT2D eigenvalue weighted by Crippen LogP contribution is -2.49. The minimum absolute atomic E-state index is 0.0541. The van der Waals surface area contributed by atoms with E-state index in [0.717, 1.165) is 14.8 Å². The summed E-state index contributed by atoms with van der Waals surface area (Å²) in [6.07, 6.45) is -0.277. The van der Waals surface area contributed by atoms with Crippen LogP contribution in [0.5, 0.6) is 0 Å². The standard InChI is InChI=1S/C28H27IN2O4/c1-18-24(27(32)34-2)15-19(29)16-26(18)30-11-13-31(14-12-30)28(33)35-17-25-22-9-5-3-7-20(22)21-8-4-6-10-23(21)25/h3-10,15-16,25H,11-14,17H2,1-2H3. The lowest BCUT2D eigenvalue weighted by atomic mass is 9.98. The highest BCUT2D eigenvalue weighted by Crippen LogP contribution is 2.44. The van der Waals surface area contributed by atoms with Crippen LogP contribution in [0.15, 0.2) is 60.7 Å². The maximum absolute atomic E-state index is 12.9. The first kappa shape index (κ1) is 23.7. The number of ether oxygens (including phenoxy) is 2. The Kier molecular flexibility index (Phi) is 6.69. The first-order valence-electron chi connectivity index (χ1n) is 11.7. The molecule has 3 aromatic rings. The molecule has 0 saturated carbocycles. The third kappa shape index (κ3) is 4.49. The Hall–Kier alpha value is -3.07. The molecule has 7 heteroatoms. The Labute approximate surface area is 219 Å². The predicted molar refractivity (Wildman–Crippen MR) is 144 cm³/mol. The third-order valence-corrected chi connectivity index (χ3v) is 7.59. The van der Waals surface area contributed by atoms with Crippen LogP contribution in [0.3, 0.4) is 0 Å². The zero-order chi connectivity index (χ0) is 24.5. The number of hydrogen-bond donors (Lipinski definition) is 0. The average molecular weight is 582 g/mol. The Morgan fingerprint density at radius 1 is 0.943 bits per heavy atom. The highest BCUT2D eigenvalue weighted by molar-refractivity contribution is 14.1. The largest absolute Gasteiger partial charge is 0.465 e. The van der Waals surface area contributed by atoms with E-state index in [0.29, 0.717) is 38.3 Å². The van der Waals surface area contributed by atoms with E-state index in [-0.39, 0.29) is 18.0 Å². The summed E-state index contributed by atoms with van der Waals surface area (Å²) in [6, 6.07) is 20.6. The Bertz CT molecular complexity index is 1240. The van der Waals surface area contributed by atoms with Crippen LogP contribution in [0.2, 0.25) is 0 Å². The summed E-state index contributed by atoms with van der Waals surface area (Å²) in [5.74, 6) is -0.280. The van der Waals surface area contributed by atoms with Crippen molar-refractivity contribution in [3.05, 3.63) is 86.5 Å². The molecule has 0 atom stereocenters.